The number of ether oxygens (including phenoxy) is 2. The molecule has 1 spiro atoms. The highest BCUT2D eigenvalue weighted by Crippen LogP contribution is 2.41. The second-order valence-corrected chi connectivity index (χ2v) is 15.8. The molecule has 13 heteroatoms. The third-order valence-electron chi connectivity index (χ3n) is 10.3. The van der Waals surface area contributed by atoms with Gasteiger partial charge in [0, 0.05) is 24.9 Å². The number of aryl methyl sites for hydroxylation is 2. The highest BCUT2D eigenvalue weighted by molar-refractivity contribution is 6.38. The van der Waals surface area contributed by atoms with E-state index >= 15 is 0 Å². The van der Waals surface area contributed by atoms with Crippen molar-refractivity contribution in [2.45, 2.75) is 136 Å². The van der Waals surface area contributed by atoms with Gasteiger partial charge in [-0.25, -0.2) is 4.79 Å². The molecule has 0 radical (unpaired) electrons. The first-order chi connectivity index (χ1) is 24.1. The SMILES string of the molecule is CCNC(=O)C(=O)[C@H](CC1CC1)NC(=O)[C@@H]1C[C@]2(CC(c3cc(C)c(OCC)c(C)c3)=NO2)CN1C(=O)[C@@H](NC(=O)OC1CCCC1)C(C)(C)C. The molecule has 4 aliphatic rings. The largest absolute Gasteiger partial charge is 0.493 e. The summed E-state index contributed by atoms with van der Waals surface area (Å²) in [6.07, 6.45) is 5.25. The molecule has 3 fully saturated rings. The molecular weight excluding hydrogens is 654 g/mol. The van der Waals surface area contributed by atoms with E-state index in [1.165, 1.54) is 4.90 Å². The van der Waals surface area contributed by atoms with Crippen LogP contribution in [-0.2, 0) is 28.8 Å². The van der Waals surface area contributed by atoms with Gasteiger partial charge in [-0.1, -0.05) is 38.8 Å². The average molecular weight is 710 g/mol. The maximum absolute atomic E-state index is 14.6. The number of amides is 4. The van der Waals surface area contributed by atoms with Crippen LogP contribution in [0.1, 0.15) is 109 Å². The third-order valence-corrected chi connectivity index (χ3v) is 10.3. The van der Waals surface area contributed by atoms with E-state index in [0.29, 0.717) is 25.2 Å². The zero-order valence-corrected chi connectivity index (χ0v) is 31.2. The summed E-state index contributed by atoms with van der Waals surface area (Å²) in [5, 5.41) is 12.7. The van der Waals surface area contributed by atoms with Gasteiger partial charge in [-0.2, -0.15) is 0 Å². The van der Waals surface area contributed by atoms with E-state index in [2.05, 4.69) is 21.1 Å². The van der Waals surface area contributed by atoms with Gasteiger partial charge in [0.25, 0.3) is 5.91 Å². The number of oxime groups is 1. The number of ketones is 1. The van der Waals surface area contributed by atoms with Gasteiger partial charge in [0.15, 0.2) is 5.60 Å². The van der Waals surface area contributed by atoms with Gasteiger partial charge >= 0.3 is 6.09 Å². The topological polar surface area (TPSA) is 165 Å². The Balaban J connectivity index is 1.42. The first-order valence-corrected chi connectivity index (χ1v) is 18.5. The lowest BCUT2D eigenvalue weighted by Gasteiger charge is -2.35. The number of nitrogens with one attached hydrogen (secondary N) is 3. The fraction of sp³-hybridized carbons (Fsp3) is 0.684. The van der Waals surface area contributed by atoms with Crippen LogP contribution in [0, 0.1) is 25.2 Å². The van der Waals surface area contributed by atoms with Crippen molar-refractivity contribution in [1.29, 1.82) is 0 Å². The van der Waals surface area contributed by atoms with Crippen LogP contribution in [0.3, 0.4) is 0 Å². The van der Waals surface area contributed by atoms with Crippen molar-refractivity contribution in [3.63, 3.8) is 0 Å². The molecule has 2 heterocycles. The number of Topliss-reactive ketones (excluding diaryl/α,β-unsaturated/α-hetero) is 1. The zero-order chi connectivity index (χ0) is 37.1. The van der Waals surface area contributed by atoms with Crippen molar-refractivity contribution >= 4 is 35.3 Å². The number of likely N-dealkylation sites (N-methyl/N-ethyl adjacent to an activating group) is 1. The molecule has 1 saturated heterocycles. The number of carbonyl (C=O) groups is 5. The third kappa shape index (κ3) is 9.02. The van der Waals surface area contributed by atoms with Crippen LogP contribution in [0.15, 0.2) is 17.3 Å². The number of likely N-dealkylation sites (tertiary alicyclic amines) is 1. The molecule has 2 saturated carbocycles. The van der Waals surface area contributed by atoms with Crippen molar-refractivity contribution in [3.8, 4) is 5.75 Å². The van der Waals surface area contributed by atoms with Crippen LogP contribution in [0.2, 0.25) is 0 Å². The summed E-state index contributed by atoms with van der Waals surface area (Å²) in [4.78, 5) is 75.4. The summed E-state index contributed by atoms with van der Waals surface area (Å²) in [7, 11) is 0. The molecule has 5 rings (SSSR count). The van der Waals surface area contributed by atoms with E-state index in [1.807, 2.05) is 53.7 Å². The van der Waals surface area contributed by atoms with Crippen molar-refractivity contribution in [1.82, 2.24) is 20.9 Å². The maximum Gasteiger partial charge on any atom is 0.408 e. The lowest BCUT2D eigenvalue weighted by atomic mass is 9.85. The van der Waals surface area contributed by atoms with E-state index < -0.39 is 58.7 Å². The van der Waals surface area contributed by atoms with Gasteiger partial charge in [-0.3, -0.25) is 19.2 Å². The number of rotatable bonds is 13. The standard InChI is InChI=1S/C38H55N5O8/c1-8-39-34(46)30(44)27(18-24-14-15-24)40-33(45)29-20-38(19-28(42-51-38)25-16-22(3)31(49-9-2)23(4)17-25)21-43(29)35(47)32(37(5,6)7)41-36(48)50-26-12-10-11-13-26/h16-17,24,26-27,29,32H,8-15,18-21H2,1-7H3,(H,39,46)(H,40,45)(H,41,48)/t27-,29-,32+,38+/m0/s1. The van der Waals surface area contributed by atoms with E-state index in [0.717, 1.165) is 61.0 Å². The fourth-order valence-electron chi connectivity index (χ4n) is 7.49. The van der Waals surface area contributed by atoms with Crippen molar-refractivity contribution in [2.75, 3.05) is 19.7 Å². The number of hydrogen-bond acceptors (Lipinski definition) is 9. The number of carbonyl (C=O) groups excluding carboxylic acids is 5. The monoisotopic (exact) mass is 709 g/mol. The highest BCUT2D eigenvalue weighted by Gasteiger charge is 2.56. The van der Waals surface area contributed by atoms with Crippen molar-refractivity contribution in [2.24, 2.45) is 16.5 Å². The van der Waals surface area contributed by atoms with Gasteiger partial charge in [-0.15, -0.1) is 0 Å². The molecule has 2 aliphatic heterocycles. The molecule has 1 aromatic carbocycles. The van der Waals surface area contributed by atoms with Crippen LogP contribution < -0.4 is 20.7 Å². The molecule has 51 heavy (non-hydrogen) atoms. The molecule has 0 unspecified atom stereocenters. The quantitative estimate of drug-likeness (QED) is 0.256. The Morgan fingerprint density at radius 2 is 1.69 bits per heavy atom. The second-order valence-electron chi connectivity index (χ2n) is 15.8. The molecule has 3 N–H and O–H groups in total. The number of hydrogen-bond donors (Lipinski definition) is 3. The second kappa shape index (κ2) is 15.6. The molecule has 4 amide bonds. The number of nitrogens with zero attached hydrogens (tertiary/aromatic N) is 2. The summed E-state index contributed by atoms with van der Waals surface area (Å²) in [5.74, 6) is -1.45. The van der Waals surface area contributed by atoms with Crippen molar-refractivity contribution in [3.05, 3.63) is 28.8 Å². The molecule has 4 atom stereocenters. The van der Waals surface area contributed by atoms with Gasteiger partial charge in [0.2, 0.25) is 17.6 Å². The van der Waals surface area contributed by atoms with Crippen LogP contribution >= 0.6 is 0 Å². The van der Waals surface area contributed by atoms with Crippen LogP contribution in [0.25, 0.3) is 0 Å². The Labute approximate surface area is 300 Å². The Bertz CT molecular complexity index is 1520. The molecule has 13 nitrogen and oxygen atoms in total. The molecule has 0 bridgehead atoms. The Kier molecular flexibility index (Phi) is 11.7. The zero-order valence-electron chi connectivity index (χ0n) is 31.2. The van der Waals surface area contributed by atoms with Gasteiger partial charge in [-0.05, 0) is 94.4 Å². The van der Waals surface area contributed by atoms with E-state index in [9.17, 15) is 24.0 Å². The molecule has 2 aliphatic carbocycles. The minimum Gasteiger partial charge on any atom is -0.493 e. The fourth-order valence-corrected chi connectivity index (χ4v) is 7.49. The van der Waals surface area contributed by atoms with Gasteiger partial charge < -0.3 is 35.2 Å². The molecular formula is C38H55N5O8. The lowest BCUT2D eigenvalue weighted by Crippen LogP contribution is -2.59. The minimum absolute atomic E-state index is 0.0232. The summed E-state index contributed by atoms with van der Waals surface area (Å²) in [5.41, 5.74) is 1.67. The van der Waals surface area contributed by atoms with Crippen LogP contribution in [-0.4, -0.2) is 89.7 Å². The highest BCUT2D eigenvalue weighted by atomic mass is 16.7. The smallest absolute Gasteiger partial charge is 0.408 e. The van der Waals surface area contributed by atoms with E-state index in [-0.39, 0.29) is 31.5 Å². The maximum atomic E-state index is 14.6. The minimum atomic E-state index is -1.06. The first kappa shape index (κ1) is 38.1. The van der Waals surface area contributed by atoms with Gasteiger partial charge in [0.1, 0.15) is 23.9 Å². The summed E-state index contributed by atoms with van der Waals surface area (Å²) < 4.78 is 11.5. The number of alkyl carbamates (subject to hydrolysis) is 1. The lowest BCUT2D eigenvalue weighted by molar-refractivity contribution is -0.144. The predicted molar refractivity (Wildman–Crippen MR) is 190 cm³/mol. The summed E-state index contributed by atoms with van der Waals surface area (Å²) >= 11 is 0. The summed E-state index contributed by atoms with van der Waals surface area (Å²) in [6.45, 7) is 14.0. The van der Waals surface area contributed by atoms with E-state index in [1.54, 1.807) is 6.92 Å². The molecule has 1 aromatic rings. The van der Waals surface area contributed by atoms with Crippen LogP contribution in [0.5, 0.6) is 5.75 Å². The number of benzene rings is 1. The summed E-state index contributed by atoms with van der Waals surface area (Å²) in [6, 6.07) is 0.860. The van der Waals surface area contributed by atoms with Crippen molar-refractivity contribution < 1.29 is 38.3 Å². The van der Waals surface area contributed by atoms with Crippen LogP contribution in [0.4, 0.5) is 4.79 Å². The molecule has 280 valence electrons. The Morgan fingerprint density at radius 1 is 1.02 bits per heavy atom. The predicted octanol–water partition coefficient (Wildman–Crippen LogP) is 4.24. The van der Waals surface area contributed by atoms with Gasteiger partial charge in [0.05, 0.1) is 24.9 Å². The first-order valence-electron chi connectivity index (χ1n) is 18.5. The molecule has 0 aromatic heterocycles. The average Bonchev–Trinajstić information content (AvgIpc) is 3.41. The van der Waals surface area contributed by atoms with E-state index in [4.69, 9.17) is 14.3 Å². The Morgan fingerprint density at radius 3 is 2.27 bits per heavy atom. The normalized spacial score (nSPS) is 22.9. The Hall–Kier alpha value is -4.16.